The predicted molar refractivity (Wildman–Crippen MR) is 70.5 cm³/mol. The molecule has 1 saturated carbocycles. The topological polar surface area (TPSA) is 57.6 Å². The molecule has 1 aliphatic carbocycles. The smallest absolute Gasteiger partial charge is 0.307 e. The Morgan fingerprint density at radius 1 is 1.22 bits per heavy atom. The number of carbonyl (C=O) groups excluding carboxylic acids is 1. The molecule has 0 spiro atoms. The Balaban J connectivity index is 2.63. The molecule has 4 nitrogen and oxygen atoms in total. The summed E-state index contributed by atoms with van der Waals surface area (Å²) in [5.41, 5.74) is 0. The van der Waals surface area contributed by atoms with Crippen molar-refractivity contribution >= 4 is 11.8 Å². The minimum absolute atomic E-state index is 0.122. The first-order valence-corrected chi connectivity index (χ1v) is 6.97. The van der Waals surface area contributed by atoms with Crippen LogP contribution in [-0.4, -0.2) is 40.9 Å². The van der Waals surface area contributed by atoms with Gasteiger partial charge in [-0.1, -0.05) is 32.6 Å². The van der Waals surface area contributed by atoms with Crippen LogP contribution in [0, 0.1) is 5.92 Å². The second-order valence-electron chi connectivity index (χ2n) is 5.52. The molecule has 18 heavy (non-hydrogen) atoms. The van der Waals surface area contributed by atoms with Crippen LogP contribution >= 0.6 is 0 Å². The quantitative estimate of drug-likeness (QED) is 0.740. The van der Waals surface area contributed by atoms with Crippen molar-refractivity contribution < 1.29 is 14.7 Å². The predicted octanol–water partition coefficient (Wildman–Crippen LogP) is 2.32. The lowest BCUT2D eigenvalue weighted by molar-refractivity contribution is -0.142. The molecule has 1 rings (SSSR count). The molecule has 0 aromatic rings. The van der Waals surface area contributed by atoms with E-state index in [1.54, 1.807) is 13.8 Å². The summed E-state index contributed by atoms with van der Waals surface area (Å²) in [4.78, 5) is 24.4. The van der Waals surface area contributed by atoms with Gasteiger partial charge in [0.15, 0.2) is 0 Å². The van der Waals surface area contributed by atoms with Crippen molar-refractivity contribution in [2.75, 3.05) is 13.1 Å². The van der Waals surface area contributed by atoms with Crippen molar-refractivity contribution in [1.82, 2.24) is 4.90 Å². The van der Waals surface area contributed by atoms with Gasteiger partial charge in [0, 0.05) is 12.6 Å². The van der Waals surface area contributed by atoms with Gasteiger partial charge in [0.25, 0.3) is 0 Å². The van der Waals surface area contributed by atoms with Gasteiger partial charge in [0.2, 0.25) is 0 Å². The summed E-state index contributed by atoms with van der Waals surface area (Å²) in [6, 6.07) is 0.387. The number of hydrogen-bond acceptors (Lipinski definition) is 3. The fourth-order valence-corrected chi connectivity index (χ4v) is 2.68. The van der Waals surface area contributed by atoms with E-state index in [0.29, 0.717) is 19.1 Å². The molecule has 104 valence electrons. The first-order chi connectivity index (χ1) is 8.50. The molecule has 0 saturated heterocycles. The van der Waals surface area contributed by atoms with Gasteiger partial charge >= 0.3 is 5.97 Å². The van der Waals surface area contributed by atoms with Crippen LogP contribution < -0.4 is 0 Å². The maximum Gasteiger partial charge on any atom is 0.307 e. The first kappa shape index (κ1) is 15.2. The number of hydrogen-bond donors (Lipinski definition) is 1. The molecule has 0 amide bonds. The van der Waals surface area contributed by atoms with E-state index in [2.05, 4.69) is 4.90 Å². The third-order valence-corrected chi connectivity index (χ3v) is 3.70. The van der Waals surface area contributed by atoms with E-state index in [1.807, 2.05) is 0 Å². The second-order valence-corrected chi connectivity index (χ2v) is 5.52. The Morgan fingerprint density at radius 3 is 2.22 bits per heavy atom. The van der Waals surface area contributed by atoms with Crippen molar-refractivity contribution in [3.8, 4) is 0 Å². The Bertz CT molecular complexity index is 283. The van der Waals surface area contributed by atoms with E-state index in [-0.39, 0.29) is 5.78 Å². The SMILES string of the molecule is CC(=O)CN(CC(C)C(=O)O)C1CCCCCC1. The first-order valence-electron chi connectivity index (χ1n) is 6.97. The number of carbonyl (C=O) groups is 2. The number of aliphatic carboxylic acids is 1. The van der Waals surface area contributed by atoms with Crippen molar-refractivity contribution in [3.05, 3.63) is 0 Å². The standard InChI is InChI=1S/C14H25NO3/c1-11(14(17)18)9-15(10-12(2)16)13-7-5-3-4-6-8-13/h11,13H,3-10H2,1-2H3,(H,17,18). The molecule has 0 aliphatic heterocycles. The van der Waals surface area contributed by atoms with Crippen LogP contribution in [0.5, 0.6) is 0 Å². The summed E-state index contributed by atoms with van der Waals surface area (Å²) in [7, 11) is 0. The van der Waals surface area contributed by atoms with Crippen LogP contribution in [0.15, 0.2) is 0 Å². The molecule has 1 fully saturated rings. The number of nitrogens with zero attached hydrogens (tertiary/aromatic N) is 1. The maximum atomic E-state index is 11.3. The molecule has 0 radical (unpaired) electrons. The van der Waals surface area contributed by atoms with Crippen LogP contribution in [0.25, 0.3) is 0 Å². The Hall–Kier alpha value is -0.900. The summed E-state index contributed by atoms with van der Waals surface area (Å²) in [5.74, 6) is -1.07. The summed E-state index contributed by atoms with van der Waals surface area (Å²) in [6.45, 7) is 4.17. The third kappa shape index (κ3) is 5.17. The zero-order chi connectivity index (χ0) is 13.5. The fraction of sp³-hybridized carbons (Fsp3) is 0.857. The zero-order valence-electron chi connectivity index (χ0n) is 11.5. The molecular formula is C14H25NO3. The highest BCUT2D eigenvalue weighted by atomic mass is 16.4. The van der Waals surface area contributed by atoms with Crippen molar-refractivity contribution in [1.29, 1.82) is 0 Å². The molecule has 0 bridgehead atoms. The highest BCUT2D eigenvalue weighted by Crippen LogP contribution is 2.22. The highest BCUT2D eigenvalue weighted by molar-refractivity contribution is 5.77. The van der Waals surface area contributed by atoms with Crippen molar-refractivity contribution in [2.24, 2.45) is 5.92 Å². The van der Waals surface area contributed by atoms with Crippen LogP contribution in [-0.2, 0) is 9.59 Å². The van der Waals surface area contributed by atoms with E-state index in [4.69, 9.17) is 5.11 Å². The third-order valence-electron chi connectivity index (χ3n) is 3.70. The van der Waals surface area contributed by atoms with Gasteiger partial charge in [-0.25, -0.2) is 0 Å². The second kappa shape index (κ2) is 7.52. The molecule has 4 heteroatoms. The van der Waals surface area contributed by atoms with E-state index in [0.717, 1.165) is 12.8 Å². The summed E-state index contributed by atoms with van der Waals surface area (Å²) < 4.78 is 0. The number of ketones is 1. The number of carboxylic acid groups (broad SMARTS) is 1. The molecular weight excluding hydrogens is 230 g/mol. The monoisotopic (exact) mass is 255 g/mol. The molecule has 0 heterocycles. The summed E-state index contributed by atoms with van der Waals surface area (Å²) in [6.07, 6.45) is 7.11. The Kier molecular flexibility index (Phi) is 6.33. The van der Waals surface area contributed by atoms with Gasteiger partial charge in [0.1, 0.15) is 5.78 Å². The molecule has 1 unspecified atom stereocenters. The highest BCUT2D eigenvalue weighted by Gasteiger charge is 2.24. The molecule has 1 N–H and O–H groups in total. The number of Topliss-reactive ketones (excluding diaryl/α,β-unsaturated/α-hetero) is 1. The van der Waals surface area contributed by atoms with Crippen molar-refractivity contribution in [2.45, 2.75) is 58.4 Å². The Labute approximate surface area is 109 Å². The Morgan fingerprint density at radius 2 is 1.78 bits per heavy atom. The van der Waals surface area contributed by atoms with E-state index in [9.17, 15) is 9.59 Å². The lowest BCUT2D eigenvalue weighted by atomic mass is 10.0. The molecule has 0 aromatic carbocycles. The molecule has 1 atom stereocenters. The lowest BCUT2D eigenvalue weighted by Crippen LogP contribution is -2.42. The van der Waals surface area contributed by atoms with Gasteiger partial charge in [-0.05, 0) is 19.8 Å². The summed E-state index contributed by atoms with van der Waals surface area (Å²) >= 11 is 0. The van der Waals surface area contributed by atoms with E-state index < -0.39 is 11.9 Å². The zero-order valence-corrected chi connectivity index (χ0v) is 11.5. The van der Waals surface area contributed by atoms with Crippen LogP contribution in [0.1, 0.15) is 52.4 Å². The van der Waals surface area contributed by atoms with Gasteiger partial charge in [-0.2, -0.15) is 0 Å². The lowest BCUT2D eigenvalue weighted by Gasteiger charge is -2.31. The van der Waals surface area contributed by atoms with E-state index in [1.165, 1.54) is 25.7 Å². The normalized spacial score (nSPS) is 19.5. The molecule has 0 aromatic heterocycles. The van der Waals surface area contributed by atoms with Gasteiger partial charge < -0.3 is 5.11 Å². The van der Waals surface area contributed by atoms with Gasteiger partial charge in [0.05, 0.1) is 12.5 Å². The molecule has 1 aliphatic rings. The number of rotatable bonds is 6. The number of carboxylic acids is 1. The average molecular weight is 255 g/mol. The van der Waals surface area contributed by atoms with Crippen LogP contribution in [0.3, 0.4) is 0 Å². The van der Waals surface area contributed by atoms with Crippen LogP contribution in [0.2, 0.25) is 0 Å². The maximum absolute atomic E-state index is 11.3. The van der Waals surface area contributed by atoms with Crippen LogP contribution in [0.4, 0.5) is 0 Å². The summed E-state index contributed by atoms with van der Waals surface area (Å²) in [5, 5.41) is 9.01. The van der Waals surface area contributed by atoms with Gasteiger partial charge in [-0.3, -0.25) is 14.5 Å². The largest absolute Gasteiger partial charge is 0.481 e. The van der Waals surface area contributed by atoms with Crippen molar-refractivity contribution in [3.63, 3.8) is 0 Å². The van der Waals surface area contributed by atoms with E-state index >= 15 is 0 Å². The van der Waals surface area contributed by atoms with Gasteiger partial charge in [-0.15, -0.1) is 0 Å². The fourth-order valence-electron chi connectivity index (χ4n) is 2.68. The minimum Gasteiger partial charge on any atom is -0.481 e. The average Bonchev–Trinajstić information content (AvgIpc) is 2.55. The minimum atomic E-state index is -0.780.